The lowest BCUT2D eigenvalue weighted by atomic mass is 9.74. The minimum Gasteiger partial charge on any atom is -0.284 e. The van der Waals surface area contributed by atoms with Crippen molar-refractivity contribution in [2.75, 3.05) is 4.90 Å². The fourth-order valence-corrected chi connectivity index (χ4v) is 3.26. The Labute approximate surface area is 102 Å². The molecule has 0 saturated heterocycles. The molecule has 1 amide bonds. The summed E-state index contributed by atoms with van der Waals surface area (Å²) in [5.74, 6) is 0.120. The fourth-order valence-electron chi connectivity index (χ4n) is 3.26. The first-order valence-corrected chi connectivity index (χ1v) is 6.25. The Balaban J connectivity index is 2.27. The van der Waals surface area contributed by atoms with E-state index in [2.05, 4.69) is 31.2 Å². The van der Waals surface area contributed by atoms with Gasteiger partial charge in [0.2, 0.25) is 5.91 Å². The van der Waals surface area contributed by atoms with E-state index in [1.165, 1.54) is 17.7 Å². The normalized spacial score (nSPS) is 26.2. The molecule has 0 unspecified atom stereocenters. The molecule has 1 aromatic rings. The van der Waals surface area contributed by atoms with Crippen LogP contribution in [0.25, 0.3) is 0 Å². The summed E-state index contributed by atoms with van der Waals surface area (Å²) < 4.78 is 0. The summed E-state index contributed by atoms with van der Waals surface area (Å²) in [5, 5.41) is 0. The number of nitrogens with zero attached hydrogens (tertiary/aromatic N) is 1. The van der Waals surface area contributed by atoms with Crippen molar-refractivity contribution in [3.05, 3.63) is 41.6 Å². The third kappa shape index (κ3) is 1.30. The van der Waals surface area contributed by atoms with Crippen LogP contribution in [0.15, 0.2) is 36.0 Å². The van der Waals surface area contributed by atoms with Crippen LogP contribution in [0.1, 0.15) is 38.7 Å². The smallest absolute Gasteiger partial charge is 0.228 e. The van der Waals surface area contributed by atoms with Gasteiger partial charge < -0.3 is 0 Å². The summed E-state index contributed by atoms with van der Waals surface area (Å²) >= 11 is 0. The highest BCUT2D eigenvalue weighted by molar-refractivity contribution is 5.99. The van der Waals surface area contributed by atoms with Crippen molar-refractivity contribution in [3.8, 4) is 0 Å². The summed E-state index contributed by atoms with van der Waals surface area (Å²) in [5.41, 5.74) is 3.62. The molecule has 1 aliphatic carbocycles. The van der Waals surface area contributed by atoms with Crippen molar-refractivity contribution < 1.29 is 4.79 Å². The quantitative estimate of drug-likeness (QED) is 0.665. The van der Waals surface area contributed by atoms with E-state index in [0.717, 1.165) is 18.5 Å². The van der Waals surface area contributed by atoms with Gasteiger partial charge in [-0.2, -0.15) is 0 Å². The van der Waals surface area contributed by atoms with Crippen LogP contribution in [0.2, 0.25) is 0 Å². The molecule has 1 aromatic carbocycles. The van der Waals surface area contributed by atoms with Gasteiger partial charge >= 0.3 is 0 Å². The number of amides is 1. The number of carbonyl (C=O) groups is 1. The van der Waals surface area contributed by atoms with Crippen molar-refractivity contribution in [2.45, 2.75) is 38.5 Å². The molecule has 2 nitrogen and oxygen atoms in total. The Bertz CT molecular complexity index is 517. The van der Waals surface area contributed by atoms with Gasteiger partial charge in [-0.25, -0.2) is 0 Å². The molecule has 0 aromatic heterocycles. The van der Waals surface area contributed by atoms with Crippen LogP contribution in [0, 0.1) is 0 Å². The third-order valence-electron chi connectivity index (χ3n) is 4.08. The standard InChI is InChI=1S/C15H17NO/c1-11(17)16-13-8-4-3-7-12(13)15(2)10-6-5-9-14(15)16/h3-4,7-9H,5-6,10H2,1-2H3/t15-/m1/s1. The number of rotatable bonds is 0. The Morgan fingerprint density at radius 2 is 2.12 bits per heavy atom. The molecule has 88 valence electrons. The van der Waals surface area contributed by atoms with Crippen LogP contribution in [0.5, 0.6) is 0 Å². The topological polar surface area (TPSA) is 20.3 Å². The van der Waals surface area contributed by atoms with Crippen molar-refractivity contribution >= 4 is 11.6 Å². The molecule has 0 N–H and O–H groups in total. The Morgan fingerprint density at radius 3 is 2.88 bits per heavy atom. The SMILES string of the molecule is CC(=O)N1C2=CCCC[C@]2(C)c2ccccc21. The molecule has 1 aliphatic heterocycles. The minimum atomic E-state index is 0.0422. The molecule has 2 aliphatic rings. The van der Waals surface area contributed by atoms with Crippen molar-refractivity contribution in [1.82, 2.24) is 0 Å². The maximum atomic E-state index is 11.9. The number of fused-ring (bicyclic) bond motifs is 3. The maximum absolute atomic E-state index is 11.9. The first kappa shape index (κ1) is 10.6. The summed E-state index contributed by atoms with van der Waals surface area (Å²) in [4.78, 5) is 13.8. The van der Waals surface area contributed by atoms with E-state index in [-0.39, 0.29) is 11.3 Å². The lowest BCUT2D eigenvalue weighted by molar-refractivity contribution is -0.116. The maximum Gasteiger partial charge on any atom is 0.228 e. The zero-order valence-electron chi connectivity index (χ0n) is 10.4. The minimum absolute atomic E-state index is 0.0422. The summed E-state index contributed by atoms with van der Waals surface area (Å²) in [6.07, 6.45) is 5.67. The molecule has 0 bridgehead atoms. The molecule has 0 saturated carbocycles. The monoisotopic (exact) mass is 227 g/mol. The van der Waals surface area contributed by atoms with Crippen LogP contribution < -0.4 is 4.90 Å². The van der Waals surface area contributed by atoms with Gasteiger partial charge in [0.1, 0.15) is 0 Å². The molecule has 1 atom stereocenters. The molecular formula is C15H17NO. The lowest BCUT2D eigenvalue weighted by Crippen LogP contribution is -2.33. The molecule has 1 heterocycles. The number of carbonyl (C=O) groups excluding carboxylic acids is 1. The van der Waals surface area contributed by atoms with Gasteiger partial charge in [-0.05, 0) is 37.8 Å². The number of hydrogen-bond donors (Lipinski definition) is 0. The number of anilines is 1. The highest BCUT2D eigenvalue weighted by Crippen LogP contribution is 2.52. The van der Waals surface area contributed by atoms with E-state index in [1.807, 2.05) is 11.0 Å². The van der Waals surface area contributed by atoms with E-state index in [0.29, 0.717) is 0 Å². The van der Waals surface area contributed by atoms with Crippen molar-refractivity contribution in [1.29, 1.82) is 0 Å². The predicted molar refractivity (Wildman–Crippen MR) is 68.9 cm³/mol. The first-order chi connectivity index (χ1) is 8.14. The second-order valence-electron chi connectivity index (χ2n) is 5.19. The second kappa shape index (κ2) is 3.46. The van der Waals surface area contributed by atoms with Crippen LogP contribution in [0.4, 0.5) is 5.69 Å². The highest BCUT2D eigenvalue weighted by atomic mass is 16.2. The van der Waals surface area contributed by atoms with Crippen LogP contribution in [-0.2, 0) is 10.2 Å². The van der Waals surface area contributed by atoms with Gasteiger partial charge in [0.15, 0.2) is 0 Å². The third-order valence-corrected chi connectivity index (χ3v) is 4.08. The average Bonchev–Trinajstić information content (AvgIpc) is 2.59. The summed E-state index contributed by atoms with van der Waals surface area (Å²) in [6.45, 7) is 3.91. The van der Waals surface area contributed by atoms with E-state index in [4.69, 9.17) is 0 Å². The van der Waals surface area contributed by atoms with Gasteiger partial charge in [0, 0.05) is 18.0 Å². The summed E-state index contributed by atoms with van der Waals surface area (Å²) in [6, 6.07) is 8.30. The molecule has 17 heavy (non-hydrogen) atoms. The summed E-state index contributed by atoms with van der Waals surface area (Å²) in [7, 11) is 0. The van der Waals surface area contributed by atoms with Crippen LogP contribution in [0.3, 0.4) is 0 Å². The number of allylic oxidation sites excluding steroid dienone is 2. The van der Waals surface area contributed by atoms with E-state index in [9.17, 15) is 4.79 Å². The predicted octanol–water partition coefficient (Wildman–Crippen LogP) is 3.38. The van der Waals surface area contributed by atoms with E-state index < -0.39 is 0 Å². The zero-order valence-corrected chi connectivity index (χ0v) is 10.4. The average molecular weight is 227 g/mol. The number of benzene rings is 1. The van der Waals surface area contributed by atoms with Crippen molar-refractivity contribution in [3.63, 3.8) is 0 Å². The highest BCUT2D eigenvalue weighted by Gasteiger charge is 2.45. The number of hydrogen-bond acceptors (Lipinski definition) is 1. The van der Waals surface area contributed by atoms with Gasteiger partial charge in [0.25, 0.3) is 0 Å². The molecule has 2 heteroatoms. The lowest BCUT2D eigenvalue weighted by Gasteiger charge is -2.32. The largest absolute Gasteiger partial charge is 0.284 e. The van der Waals surface area contributed by atoms with Crippen LogP contribution >= 0.6 is 0 Å². The molecule has 0 fully saturated rings. The molecule has 0 spiro atoms. The van der Waals surface area contributed by atoms with Gasteiger partial charge in [-0.1, -0.05) is 24.3 Å². The Hall–Kier alpha value is -1.57. The van der Waals surface area contributed by atoms with Gasteiger partial charge in [0.05, 0.1) is 5.69 Å². The van der Waals surface area contributed by atoms with Gasteiger partial charge in [-0.15, -0.1) is 0 Å². The van der Waals surface area contributed by atoms with E-state index in [1.54, 1.807) is 6.92 Å². The number of para-hydroxylation sites is 1. The second-order valence-corrected chi connectivity index (χ2v) is 5.19. The van der Waals surface area contributed by atoms with E-state index >= 15 is 0 Å². The first-order valence-electron chi connectivity index (χ1n) is 6.25. The van der Waals surface area contributed by atoms with Gasteiger partial charge in [-0.3, -0.25) is 9.69 Å². The molecule has 0 radical (unpaired) electrons. The fraction of sp³-hybridized carbons (Fsp3) is 0.400. The molecular weight excluding hydrogens is 210 g/mol. The molecule has 3 rings (SSSR count). The van der Waals surface area contributed by atoms with Crippen LogP contribution in [-0.4, -0.2) is 5.91 Å². The van der Waals surface area contributed by atoms with Crippen molar-refractivity contribution in [2.24, 2.45) is 0 Å². The zero-order chi connectivity index (χ0) is 12.0. The Morgan fingerprint density at radius 1 is 1.35 bits per heavy atom. The Kier molecular flexibility index (Phi) is 2.15.